The van der Waals surface area contributed by atoms with Gasteiger partial charge in [0, 0.05) is 30.0 Å². The highest BCUT2D eigenvalue weighted by atomic mass is 32.1. The summed E-state index contributed by atoms with van der Waals surface area (Å²) in [5, 5.41) is 6.33. The van der Waals surface area contributed by atoms with Crippen LogP contribution in [0.1, 0.15) is 41.7 Å². The number of para-hydroxylation sites is 1. The van der Waals surface area contributed by atoms with Crippen molar-refractivity contribution in [2.24, 2.45) is 0 Å². The van der Waals surface area contributed by atoms with Crippen molar-refractivity contribution in [2.45, 2.75) is 51.6 Å². The maximum Gasteiger partial charge on any atom is 0.262 e. The van der Waals surface area contributed by atoms with Crippen LogP contribution in [0, 0.1) is 0 Å². The molecule has 0 atom stereocenters. The van der Waals surface area contributed by atoms with E-state index in [0.717, 1.165) is 47.4 Å². The van der Waals surface area contributed by atoms with Crippen LogP contribution < -0.4 is 20.9 Å². The zero-order chi connectivity index (χ0) is 23.2. The molecule has 1 aliphatic carbocycles. The van der Waals surface area contributed by atoms with Crippen molar-refractivity contribution >= 4 is 33.4 Å². The quantitative estimate of drug-likeness (QED) is 0.470. The number of rotatable bonds is 9. The van der Waals surface area contributed by atoms with Gasteiger partial charge in [0.15, 0.2) is 0 Å². The van der Waals surface area contributed by atoms with Crippen molar-refractivity contribution in [1.82, 2.24) is 20.2 Å². The van der Waals surface area contributed by atoms with Crippen LogP contribution in [-0.4, -0.2) is 35.0 Å². The third-order valence-corrected chi connectivity index (χ3v) is 7.03. The summed E-state index contributed by atoms with van der Waals surface area (Å²) in [6.45, 7) is 0.672. The molecule has 0 spiro atoms. The number of aryl methyl sites for hydroxylation is 2. The van der Waals surface area contributed by atoms with Crippen molar-refractivity contribution in [3.8, 4) is 5.75 Å². The number of nitrogens with zero attached hydrogens (tertiary/aromatic N) is 2. The van der Waals surface area contributed by atoms with Crippen LogP contribution in [0.25, 0.3) is 10.2 Å². The Labute approximate surface area is 196 Å². The van der Waals surface area contributed by atoms with Crippen molar-refractivity contribution in [1.29, 1.82) is 0 Å². The Morgan fingerprint density at radius 3 is 2.82 bits per heavy atom. The summed E-state index contributed by atoms with van der Waals surface area (Å²) in [5.74, 6) is 0.371. The molecule has 0 saturated carbocycles. The topological polar surface area (TPSA) is 102 Å². The lowest BCUT2D eigenvalue weighted by Crippen LogP contribution is -2.33. The van der Waals surface area contributed by atoms with Gasteiger partial charge in [-0.15, -0.1) is 11.3 Å². The number of thiophene rings is 1. The lowest BCUT2D eigenvalue weighted by molar-refractivity contribution is -0.123. The first-order valence-electron chi connectivity index (χ1n) is 11.2. The predicted octanol–water partition coefficient (Wildman–Crippen LogP) is 2.56. The molecule has 9 heteroatoms. The molecule has 0 fully saturated rings. The fraction of sp³-hybridized carbons (Fsp3) is 0.417. The second-order valence-electron chi connectivity index (χ2n) is 8.11. The molecule has 8 nitrogen and oxygen atoms in total. The van der Waals surface area contributed by atoms with Crippen LogP contribution in [0.3, 0.4) is 0 Å². The first-order valence-corrected chi connectivity index (χ1v) is 12.0. The van der Waals surface area contributed by atoms with Crippen LogP contribution in [0.15, 0.2) is 35.4 Å². The largest absolute Gasteiger partial charge is 0.496 e. The number of fused-ring (bicyclic) bond motifs is 3. The average Bonchev–Trinajstić information content (AvgIpc) is 3.22. The molecule has 0 radical (unpaired) electrons. The van der Waals surface area contributed by atoms with E-state index < -0.39 is 0 Å². The molecule has 0 saturated heterocycles. The van der Waals surface area contributed by atoms with Crippen LogP contribution in [0.5, 0.6) is 5.75 Å². The fourth-order valence-corrected chi connectivity index (χ4v) is 5.33. The van der Waals surface area contributed by atoms with Crippen LogP contribution in [0.2, 0.25) is 0 Å². The predicted molar refractivity (Wildman–Crippen MR) is 128 cm³/mol. The molecule has 4 rings (SSSR count). The van der Waals surface area contributed by atoms with Gasteiger partial charge in [0.2, 0.25) is 11.8 Å². The Kier molecular flexibility index (Phi) is 7.39. The molecule has 0 unspecified atom stereocenters. The number of hydrogen-bond donors (Lipinski definition) is 2. The standard InChI is InChI=1S/C24H28N4O4S/c1-32-18-9-4-2-7-16(18)13-26-20(29)11-6-12-25-21(30)14-28-15-27-23-22(24(28)31)17-8-3-5-10-19(17)33-23/h2,4,7,9,15H,3,5-6,8,10-14H2,1H3,(H,25,30)(H,26,29). The van der Waals surface area contributed by atoms with Crippen molar-refractivity contribution in [2.75, 3.05) is 13.7 Å². The minimum Gasteiger partial charge on any atom is -0.496 e. The number of methoxy groups -OCH3 is 1. The minimum atomic E-state index is -0.267. The lowest BCUT2D eigenvalue weighted by atomic mass is 9.97. The van der Waals surface area contributed by atoms with E-state index in [9.17, 15) is 14.4 Å². The lowest BCUT2D eigenvalue weighted by Gasteiger charge is -2.11. The summed E-state index contributed by atoms with van der Waals surface area (Å²) < 4.78 is 6.65. The highest BCUT2D eigenvalue weighted by Gasteiger charge is 2.20. The monoisotopic (exact) mass is 468 g/mol. The Hall–Kier alpha value is -3.20. The van der Waals surface area contributed by atoms with Gasteiger partial charge in [-0.05, 0) is 43.7 Å². The summed E-state index contributed by atoms with van der Waals surface area (Å²) >= 11 is 1.60. The fourth-order valence-electron chi connectivity index (χ4n) is 4.11. The number of carbonyl (C=O) groups is 2. The van der Waals surface area contributed by atoms with E-state index in [2.05, 4.69) is 15.6 Å². The van der Waals surface area contributed by atoms with Gasteiger partial charge in [-0.3, -0.25) is 19.0 Å². The zero-order valence-electron chi connectivity index (χ0n) is 18.7. The highest BCUT2D eigenvalue weighted by molar-refractivity contribution is 7.18. The first-order chi connectivity index (χ1) is 16.1. The van der Waals surface area contributed by atoms with E-state index in [-0.39, 0.29) is 23.9 Å². The Bertz CT molecular complexity index is 1220. The molecule has 2 N–H and O–H groups in total. The number of aromatic nitrogens is 2. The second-order valence-corrected chi connectivity index (χ2v) is 9.19. The Morgan fingerprint density at radius 1 is 1.15 bits per heavy atom. The molecular formula is C24H28N4O4S. The molecule has 0 bridgehead atoms. The van der Waals surface area contributed by atoms with Gasteiger partial charge in [-0.1, -0.05) is 18.2 Å². The van der Waals surface area contributed by atoms with E-state index in [4.69, 9.17) is 4.74 Å². The summed E-state index contributed by atoms with van der Waals surface area (Å²) in [4.78, 5) is 43.8. The van der Waals surface area contributed by atoms with Gasteiger partial charge in [0.05, 0.1) is 18.8 Å². The Balaban J connectivity index is 1.24. The van der Waals surface area contributed by atoms with E-state index in [0.29, 0.717) is 31.3 Å². The van der Waals surface area contributed by atoms with Crippen LogP contribution in [0.4, 0.5) is 0 Å². The second kappa shape index (κ2) is 10.6. The van der Waals surface area contributed by atoms with Crippen molar-refractivity contribution < 1.29 is 14.3 Å². The van der Waals surface area contributed by atoms with Gasteiger partial charge >= 0.3 is 0 Å². The third kappa shape index (κ3) is 5.42. The smallest absolute Gasteiger partial charge is 0.262 e. The van der Waals surface area contributed by atoms with E-state index in [1.165, 1.54) is 15.8 Å². The summed E-state index contributed by atoms with van der Waals surface area (Å²) in [6, 6.07) is 7.52. The van der Waals surface area contributed by atoms with Gasteiger partial charge < -0.3 is 15.4 Å². The normalized spacial score (nSPS) is 12.9. The molecule has 2 amide bonds. The van der Waals surface area contributed by atoms with Crippen LogP contribution in [-0.2, 0) is 35.5 Å². The third-order valence-electron chi connectivity index (χ3n) is 5.83. The number of ether oxygens (including phenoxy) is 1. The Morgan fingerprint density at radius 2 is 1.97 bits per heavy atom. The molecule has 2 heterocycles. The summed E-state index contributed by atoms with van der Waals surface area (Å²) in [6.07, 6.45) is 6.40. The maximum atomic E-state index is 12.9. The molecule has 1 aromatic carbocycles. The number of nitrogens with one attached hydrogen (secondary N) is 2. The number of benzene rings is 1. The number of carbonyl (C=O) groups excluding carboxylic acids is 2. The molecule has 174 valence electrons. The molecule has 0 aliphatic heterocycles. The molecule has 3 aromatic rings. The van der Waals surface area contributed by atoms with Gasteiger partial charge in [0.1, 0.15) is 17.1 Å². The maximum absolute atomic E-state index is 12.9. The van der Waals surface area contributed by atoms with Gasteiger partial charge in [-0.2, -0.15) is 0 Å². The molecule has 1 aliphatic rings. The average molecular weight is 469 g/mol. The molecule has 2 aromatic heterocycles. The van der Waals surface area contributed by atoms with Gasteiger partial charge in [0.25, 0.3) is 5.56 Å². The SMILES string of the molecule is COc1ccccc1CNC(=O)CCCNC(=O)Cn1cnc2sc3c(c2c1=O)CCCC3. The van der Waals surface area contributed by atoms with Crippen molar-refractivity contribution in [3.05, 3.63) is 57.0 Å². The van der Waals surface area contributed by atoms with Crippen LogP contribution >= 0.6 is 11.3 Å². The summed E-state index contributed by atoms with van der Waals surface area (Å²) in [7, 11) is 1.60. The molecular weight excluding hydrogens is 440 g/mol. The first kappa shape index (κ1) is 23.0. The van der Waals surface area contributed by atoms with E-state index in [1.807, 2.05) is 24.3 Å². The van der Waals surface area contributed by atoms with Crippen molar-refractivity contribution in [3.63, 3.8) is 0 Å². The molecule has 33 heavy (non-hydrogen) atoms. The van der Waals surface area contributed by atoms with Gasteiger partial charge in [-0.25, -0.2) is 4.98 Å². The minimum absolute atomic E-state index is 0.0770. The van der Waals surface area contributed by atoms with E-state index >= 15 is 0 Å². The number of amides is 2. The highest BCUT2D eigenvalue weighted by Crippen LogP contribution is 2.33. The summed E-state index contributed by atoms with van der Waals surface area (Å²) in [5.41, 5.74) is 1.88. The zero-order valence-corrected chi connectivity index (χ0v) is 19.5. The van der Waals surface area contributed by atoms with E-state index in [1.54, 1.807) is 18.4 Å². The number of hydrogen-bond acceptors (Lipinski definition) is 6.